The van der Waals surface area contributed by atoms with Crippen molar-refractivity contribution in [1.29, 1.82) is 0 Å². The minimum atomic E-state index is -0.136. The van der Waals surface area contributed by atoms with Crippen molar-refractivity contribution < 1.29 is 4.79 Å². The zero-order valence-corrected chi connectivity index (χ0v) is 16.7. The highest BCUT2D eigenvalue weighted by atomic mass is 16.1. The van der Waals surface area contributed by atoms with Crippen molar-refractivity contribution in [2.24, 2.45) is 5.92 Å². The first-order chi connectivity index (χ1) is 14.8. The molecule has 1 fully saturated rings. The standard InChI is InChI=1S/C23H24N6O/c30-23-20-19(8-11-25-23)22(28-21(27-20)17-5-4-10-24-14-17)26-13-16-9-12-29(15-16)18-6-2-1-3-7-18/h1-7,10,14,16H,8-9,11-13,15H2,(H,25,30)(H,26,27,28). The largest absolute Gasteiger partial charge is 0.371 e. The maximum atomic E-state index is 12.4. The number of amides is 1. The second-order valence-electron chi connectivity index (χ2n) is 7.79. The van der Waals surface area contributed by atoms with E-state index in [0.717, 1.165) is 49.4 Å². The van der Waals surface area contributed by atoms with Crippen LogP contribution in [0, 0.1) is 5.92 Å². The fourth-order valence-electron chi connectivity index (χ4n) is 4.18. The van der Waals surface area contributed by atoms with Crippen molar-refractivity contribution in [3.63, 3.8) is 0 Å². The molecule has 0 bridgehead atoms. The minimum Gasteiger partial charge on any atom is -0.371 e. The van der Waals surface area contributed by atoms with E-state index in [4.69, 9.17) is 4.98 Å². The van der Waals surface area contributed by atoms with Crippen molar-refractivity contribution >= 4 is 17.4 Å². The molecule has 0 saturated carbocycles. The van der Waals surface area contributed by atoms with E-state index in [9.17, 15) is 4.79 Å². The summed E-state index contributed by atoms with van der Waals surface area (Å²) in [5.74, 6) is 1.68. The van der Waals surface area contributed by atoms with Crippen molar-refractivity contribution in [2.75, 3.05) is 36.4 Å². The van der Waals surface area contributed by atoms with Gasteiger partial charge in [0.2, 0.25) is 0 Å². The molecule has 7 heteroatoms. The number of rotatable bonds is 5. The second kappa shape index (κ2) is 8.10. The Morgan fingerprint density at radius 3 is 2.87 bits per heavy atom. The summed E-state index contributed by atoms with van der Waals surface area (Å²) >= 11 is 0. The van der Waals surface area contributed by atoms with Crippen LogP contribution in [0.5, 0.6) is 0 Å². The number of nitrogens with one attached hydrogen (secondary N) is 2. The van der Waals surface area contributed by atoms with Crippen LogP contribution in [0.25, 0.3) is 11.4 Å². The van der Waals surface area contributed by atoms with Gasteiger partial charge in [0.15, 0.2) is 5.82 Å². The molecule has 30 heavy (non-hydrogen) atoms. The van der Waals surface area contributed by atoms with Crippen LogP contribution in [0.4, 0.5) is 11.5 Å². The maximum absolute atomic E-state index is 12.4. The summed E-state index contributed by atoms with van der Waals surface area (Å²) in [4.78, 5) is 28.3. The number of nitrogens with zero attached hydrogens (tertiary/aromatic N) is 4. The highest BCUT2D eigenvalue weighted by molar-refractivity contribution is 5.96. The molecular weight excluding hydrogens is 376 g/mol. The summed E-state index contributed by atoms with van der Waals surface area (Å²) < 4.78 is 0. The van der Waals surface area contributed by atoms with Crippen LogP contribution >= 0.6 is 0 Å². The molecule has 5 rings (SSSR count). The predicted octanol–water partition coefficient (Wildman–Crippen LogP) is 2.76. The fourth-order valence-corrected chi connectivity index (χ4v) is 4.18. The molecule has 1 aromatic carbocycles. The summed E-state index contributed by atoms with van der Waals surface area (Å²) in [6.45, 7) is 3.50. The van der Waals surface area contributed by atoms with Crippen LogP contribution in [-0.4, -0.2) is 47.0 Å². The molecule has 0 aliphatic carbocycles. The Labute approximate surface area is 175 Å². The Morgan fingerprint density at radius 1 is 1.13 bits per heavy atom. The SMILES string of the molecule is O=C1NCCc2c(NCC3CCN(c4ccccc4)C3)nc(-c3cccnc3)nc21. The lowest BCUT2D eigenvalue weighted by atomic mass is 10.0. The van der Waals surface area contributed by atoms with E-state index in [2.05, 4.69) is 49.8 Å². The normalized spacial score (nSPS) is 18.1. The zero-order valence-electron chi connectivity index (χ0n) is 16.7. The molecule has 1 saturated heterocycles. The van der Waals surface area contributed by atoms with Crippen LogP contribution in [0.1, 0.15) is 22.5 Å². The summed E-state index contributed by atoms with van der Waals surface area (Å²) in [6, 6.07) is 14.3. The average Bonchev–Trinajstić information content (AvgIpc) is 3.28. The lowest BCUT2D eigenvalue weighted by Gasteiger charge is -2.22. The Hall–Kier alpha value is -3.48. The molecule has 1 atom stereocenters. The van der Waals surface area contributed by atoms with Gasteiger partial charge in [0, 0.05) is 55.4 Å². The first-order valence-electron chi connectivity index (χ1n) is 10.4. The number of pyridine rings is 1. The first kappa shape index (κ1) is 18.5. The Morgan fingerprint density at radius 2 is 2.03 bits per heavy atom. The molecular formula is C23H24N6O. The van der Waals surface area contributed by atoms with E-state index in [-0.39, 0.29) is 5.91 Å². The van der Waals surface area contributed by atoms with Gasteiger partial charge in [-0.25, -0.2) is 9.97 Å². The van der Waals surface area contributed by atoms with Gasteiger partial charge in [-0.15, -0.1) is 0 Å². The third-order valence-electron chi connectivity index (χ3n) is 5.77. The van der Waals surface area contributed by atoms with Crippen LogP contribution in [0.15, 0.2) is 54.9 Å². The number of carbonyl (C=O) groups excluding carboxylic acids is 1. The van der Waals surface area contributed by atoms with Gasteiger partial charge in [-0.3, -0.25) is 9.78 Å². The lowest BCUT2D eigenvalue weighted by Crippen LogP contribution is -2.34. The molecule has 3 aromatic rings. The molecule has 2 aliphatic rings. The topological polar surface area (TPSA) is 83.0 Å². The number of carbonyl (C=O) groups is 1. The van der Waals surface area contributed by atoms with Crippen LogP contribution < -0.4 is 15.5 Å². The fraction of sp³-hybridized carbons (Fsp3) is 0.304. The molecule has 1 unspecified atom stereocenters. The third kappa shape index (κ3) is 3.70. The summed E-state index contributed by atoms with van der Waals surface area (Å²) in [5, 5.41) is 6.43. The number of anilines is 2. The second-order valence-corrected chi connectivity index (χ2v) is 7.79. The molecule has 2 aliphatic heterocycles. The number of fused-ring (bicyclic) bond motifs is 1. The minimum absolute atomic E-state index is 0.136. The van der Waals surface area contributed by atoms with Crippen molar-refractivity contribution in [3.8, 4) is 11.4 Å². The van der Waals surface area contributed by atoms with Crippen LogP contribution in [-0.2, 0) is 6.42 Å². The number of hydrogen-bond donors (Lipinski definition) is 2. The first-order valence-corrected chi connectivity index (χ1v) is 10.4. The van der Waals surface area contributed by atoms with E-state index >= 15 is 0 Å². The Balaban J connectivity index is 1.36. The number of hydrogen-bond acceptors (Lipinski definition) is 6. The summed E-state index contributed by atoms with van der Waals surface area (Å²) in [5.41, 5.74) is 3.45. The van der Waals surface area contributed by atoms with Crippen molar-refractivity contribution in [2.45, 2.75) is 12.8 Å². The van der Waals surface area contributed by atoms with Gasteiger partial charge < -0.3 is 15.5 Å². The van der Waals surface area contributed by atoms with Gasteiger partial charge >= 0.3 is 0 Å². The molecule has 2 N–H and O–H groups in total. The third-order valence-corrected chi connectivity index (χ3v) is 5.77. The van der Waals surface area contributed by atoms with E-state index in [1.165, 1.54) is 5.69 Å². The van der Waals surface area contributed by atoms with Gasteiger partial charge in [0.25, 0.3) is 5.91 Å². The van der Waals surface area contributed by atoms with Crippen molar-refractivity contribution in [1.82, 2.24) is 20.3 Å². The molecule has 152 valence electrons. The molecule has 7 nitrogen and oxygen atoms in total. The number of aromatic nitrogens is 3. The van der Waals surface area contributed by atoms with Crippen LogP contribution in [0.2, 0.25) is 0 Å². The lowest BCUT2D eigenvalue weighted by molar-refractivity contribution is 0.0940. The molecule has 0 radical (unpaired) electrons. The van der Waals surface area contributed by atoms with Crippen LogP contribution in [0.3, 0.4) is 0 Å². The monoisotopic (exact) mass is 400 g/mol. The summed E-state index contributed by atoms with van der Waals surface area (Å²) in [7, 11) is 0. The number of benzene rings is 1. The van der Waals surface area contributed by atoms with E-state index in [1.807, 2.05) is 18.2 Å². The maximum Gasteiger partial charge on any atom is 0.270 e. The number of para-hydroxylation sites is 1. The highest BCUT2D eigenvalue weighted by Crippen LogP contribution is 2.27. The average molecular weight is 400 g/mol. The van der Waals surface area contributed by atoms with E-state index in [0.29, 0.717) is 24.0 Å². The van der Waals surface area contributed by atoms with Gasteiger partial charge in [-0.1, -0.05) is 18.2 Å². The van der Waals surface area contributed by atoms with Gasteiger partial charge in [-0.05, 0) is 43.0 Å². The van der Waals surface area contributed by atoms with E-state index < -0.39 is 0 Å². The molecule has 0 spiro atoms. The van der Waals surface area contributed by atoms with E-state index in [1.54, 1.807) is 12.4 Å². The van der Waals surface area contributed by atoms with Gasteiger partial charge in [0.1, 0.15) is 11.5 Å². The van der Waals surface area contributed by atoms with Gasteiger partial charge in [0.05, 0.1) is 0 Å². The highest BCUT2D eigenvalue weighted by Gasteiger charge is 2.26. The summed E-state index contributed by atoms with van der Waals surface area (Å²) in [6.07, 6.45) is 5.30. The molecule has 1 amide bonds. The Kier molecular flexibility index (Phi) is 5.01. The quantitative estimate of drug-likeness (QED) is 0.685. The zero-order chi connectivity index (χ0) is 20.3. The predicted molar refractivity (Wildman–Crippen MR) is 117 cm³/mol. The van der Waals surface area contributed by atoms with Gasteiger partial charge in [-0.2, -0.15) is 0 Å². The van der Waals surface area contributed by atoms with Crippen molar-refractivity contribution in [3.05, 3.63) is 66.1 Å². The molecule has 2 aromatic heterocycles. The molecule has 4 heterocycles. The Bertz CT molecular complexity index is 1040. The smallest absolute Gasteiger partial charge is 0.270 e.